The van der Waals surface area contributed by atoms with Gasteiger partial charge in [0.1, 0.15) is 5.54 Å². The number of hydrogen-bond acceptors (Lipinski definition) is 3. The predicted molar refractivity (Wildman–Crippen MR) is 67.2 cm³/mol. The topological polar surface area (TPSA) is 39.1 Å². The van der Waals surface area contributed by atoms with Crippen LogP contribution in [0.4, 0.5) is 0 Å². The molecule has 1 fully saturated rings. The van der Waals surface area contributed by atoms with E-state index in [9.17, 15) is 5.26 Å². The summed E-state index contributed by atoms with van der Waals surface area (Å²) in [7, 11) is 0. The molecule has 1 aliphatic heterocycles. The molecule has 1 rings (SSSR count). The van der Waals surface area contributed by atoms with Crippen molar-refractivity contribution in [2.45, 2.75) is 64.6 Å². The van der Waals surface area contributed by atoms with E-state index in [4.69, 9.17) is 0 Å². The first-order valence-corrected chi connectivity index (χ1v) is 6.42. The average Bonchev–Trinajstić information content (AvgIpc) is 2.40. The molecule has 0 aromatic carbocycles. The molecule has 1 N–H and O–H groups in total. The van der Waals surface area contributed by atoms with Crippen LogP contribution in [0.25, 0.3) is 0 Å². The fourth-order valence-electron chi connectivity index (χ4n) is 2.51. The molecule has 16 heavy (non-hydrogen) atoms. The maximum atomic E-state index is 9.41. The van der Waals surface area contributed by atoms with E-state index in [1.54, 1.807) is 0 Å². The molecule has 0 spiro atoms. The first-order valence-electron chi connectivity index (χ1n) is 6.42. The van der Waals surface area contributed by atoms with E-state index in [2.05, 4.69) is 44.0 Å². The Morgan fingerprint density at radius 2 is 1.88 bits per heavy atom. The highest BCUT2D eigenvalue weighted by Crippen LogP contribution is 2.23. The van der Waals surface area contributed by atoms with Crippen LogP contribution in [0.1, 0.15) is 47.0 Å². The van der Waals surface area contributed by atoms with Crippen LogP contribution < -0.4 is 5.32 Å². The lowest BCUT2D eigenvalue weighted by atomic mass is 9.91. The van der Waals surface area contributed by atoms with Gasteiger partial charge < -0.3 is 4.90 Å². The first-order chi connectivity index (χ1) is 7.49. The quantitative estimate of drug-likeness (QED) is 0.796. The van der Waals surface area contributed by atoms with E-state index in [1.165, 1.54) is 0 Å². The Hall–Kier alpha value is -0.590. The Kier molecular flexibility index (Phi) is 4.76. The third kappa shape index (κ3) is 3.47. The Bertz CT molecular complexity index is 254. The van der Waals surface area contributed by atoms with Gasteiger partial charge in [-0.2, -0.15) is 5.26 Å². The highest BCUT2D eigenvalue weighted by Gasteiger charge is 2.33. The zero-order valence-electron chi connectivity index (χ0n) is 11.1. The molecule has 3 nitrogen and oxygen atoms in total. The third-order valence-corrected chi connectivity index (χ3v) is 3.38. The van der Waals surface area contributed by atoms with Gasteiger partial charge >= 0.3 is 0 Å². The summed E-state index contributed by atoms with van der Waals surface area (Å²) >= 11 is 0. The number of likely N-dealkylation sites (tertiary alicyclic amines) is 1. The van der Waals surface area contributed by atoms with Gasteiger partial charge in [-0.15, -0.1) is 0 Å². The monoisotopic (exact) mass is 223 g/mol. The summed E-state index contributed by atoms with van der Waals surface area (Å²) in [4.78, 5) is 2.47. The van der Waals surface area contributed by atoms with Crippen molar-refractivity contribution in [3.05, 3.63) is 0 Å². The van der Waals surface area contributed by atoms with Gasteiger partial charge in [-0.05, 0) is 53.5 Å². The summed E-state index contributed by atoms with van der Waals surface area (Å²) in [6.07, 6.45) is 3.04. The summed E-state index contributed by atoms with van der Waals surface area (Å²) in [5.74, 6) is 0. The van der Waals surface area contributed by atoms with E-state index in [0.717, 1.165) is 32.4 Å². The summed E-state index contributed by atoms with van der Waals surface area (Å²) in [5, 5.41) is 12.9. The Labute approximate surface area is 99.8 Å². The Morgan fingerprint density at radius 1 is 1.19 bits per heavy atom. The maximum Gasteiger partial charge on any atom is 0.108 e. The molecule has 1 aliphatic rings. The lowest BCUT2D eigenvalue weighted by Crippen LogP contribution is -2.48. The number of rotatable bonds is 3. The smallest absolute Gasteiger partial charge is 0.108 e. The van der Waals surface area contributed by atoms with Crippen molar-refractivity contribution in [2.24, 2.45) is 0 Å². The van der Waals surface area contributed by atoms with Gasteiger partial charge in [-0.1, -0.05) is 0 Å². The van der Waals surface area contributed by atoms with Crippen molar-refractivity contribution in [1.29, 1.82) is 5.26 Å². The van der Waals surface area contributed by atoms with Crippen LogP contribution in [0.15, 0.2) is 0 Å². The normalized spacial score (nSPS) is 28.1. The summed E-state index contributed by atoms with van der Waals surface area (Å²) in [6.45, 7) is 10.9. The van der Waals surface area contributed by atoms with Crippen molar-refractivity contribution in [3.8, 4) is 6.07 Å². The van der Waals surface area contributed by atoms with Crippen LogP contribution in [-0.4, -0.2) is 35.6 Å². The highest BCUT2D eigenvalue weighted by atomic mass is 15.2. The number of hydrogen-bond donors (Lipinski definition) is 1. The minimum atomic E-state index is -0.294. The van der Waals surface area contributed by atoms with E-state index >= 15 is 0 Å². The zero-order chi connectivity index (χ0) is 12.2. The molecule has 3 heteroatoms. The molecule has 0 aliphatic carbocycles. The van der Waals surface area contributed by atoms with E-state index < -0.39 is 0 Å². The fraction of sp³-hybridized carbons (Fsp3) is 0.923. The molecule has 0 bridgehead atoms. The Morgan fingerprint density at radius 3 is 2.38 bits per heavy atom. The number of nitrogens with one attached hydrogen (secondary N) is 1. The molecule has 0 amide bonds. The lowest BCUT2D eigenvalue weighted by molar-refractivity contribution is 0.224. The van der Waals surface area contributed by atoms with Gasteiger partial charge in [-0.3, -0.25) is 5.32 Å². The van der Waals surface area contributed by atoms with Gasteiger partial charge in [0, 0.05) is 18.6 Å². The molecular weight excluding hydrogens is 198 g/mol. The van der Waals surface area contributed by atoms with Gasteiger partial charge in [0.25, 0.3) is 0 Å². The van der Waals surface area contributed by atoms with Crippen molar-refractivity contribution >= 4 is 0 Å². The van der Waals surface area contributed by atoms with Gasteiger partial charge in [0.2, 0.25) is 0 Å². The molecule has 92 valence electrons. The first kappa shape index (κ1) is 13.5. The summed E-state index contributed by atoms with van der Waals surface area (Å²) in [6, 6.07) is 3.48. The lowest BCUT2D eigenvalue weighted by Gasteiger charge is -2.29. The predicted octanol–water partition coefficient (Wildman–Crippen LogP) is 2.14. The molecule has 0 saturated carbocycles. The molecule has 0 aromatic heterocycles. The van der Waals surface area contributed by atoms with Crippen LogP contribution >= 0.6 is 0 Å². The van der Waals surface area contributed by atoms with Gasteiger partial charge in [0.05, 0.1) is 6.07 Å². The second-order valence-electron chi connectivity index (χ2n) is 5.48. The van der Waals surface area contributed by atoms with Crippen LogP contribution in [0.5, 0.6) is 0 Å². The van der Waals surface area contributed by atoms with Crippen molar-refractivity contribution in [2.75, 3.05) is 13.1 Å². The molecular formula is C13H25N3. The average molecular weight is 223 g/mol. The van der Waals surface area contributed by atoms with Crippen molar-refractivity contribution in [1.82, 2.24) is 10.2 Å². The minimum absolute atomic E-state index is 0.294. The molecule has 1 heterocycles. The summed E-state index contributed by atoms with van der Waals surface area (Å²) in [5.41, 5.74) is -0.294. The van der Waals surface area contributed by atoms with Crippen molar-refractivity contribution in [3.63, 3.8) is 0 Å². The molecule has 1 saturated heterocycles. The molecule has 1 unspecified atom stereocenters. The fourth-order valence-corrected chi connectivity index (χ4v) is 2.51. The zero-order valence-corrected chi connectivity index (χ0v) is 11.1. The van der Waals surface area contributed by atoms with Crippen LogP contribution in [0.3, 0.4) is 0 Å². The third-order valence-electron chi connectivity index (χ3n) is 3.38. The van der Waals surface area contributed by atoms with E-state index in [1.807, 2.05) is 0 Å². The van der Waals surface area contributed by atoms with Gasteiger partial charge in [-0.25, -0.2) is 0 Å². The van der Waals surface area contributed by atoms with E-state index in [-0.39, 0.29) is 5.54 Å². The molecule has 0 aromatic rings. The summed E-state index contributed by atoms with van der Waals surface area (Å²) < 4.78 is 0. The highest BCUT2D eigenvalue weighted by molar-refractivity contribution is 5.09. The molecule has 1 atom stereocenters. The van der Waals surface area contributed by atoms with E-state index in [0.29, 0.717) is 12.1 Å². The van der Waals surface area contributed by atoms with Crippen LogP contribution in [-0.2, 0) is 0 Å². The second kappa shape index (κ2) is 5.65. The number of nitrogens with zero attached hydrogens (tertiary/aromatic N) is 2. The van der Waals surface area contributed by atoms with Crippen LogP contribution in [0, 0.1) is 11.3 Å². The van der Waals surface area contributed by atoms with Crippen LogP contribution in [0.2, 0.25) is 0 Å². The maximum absolute atomic E-state index is 9.41. The standard InChI is InChI=1S/C13H25N3/c1-11(2)15-13(10-14)6-5-8-16(9-7-13)12(3)4/h11-12,15H,5-9H2,1-4H3. The SMILES string of the molecule is CC(C)NC1(C#N)CCCN(C(C)C)CC1. The second-order valence-corrected chi connectivity index (χ2v) is 5.48. The number of nitriles is 1. The van der Waals surface area contributed by atoms with Gasteiger partial charge in [0.15, 0.2) is 0 Å². The molecule has 0 radical (unpaired) electrons. The largest absolute Gasteiger partial charge is 0.301 e. The van der Waals surface area contributed by atoms with Crippen molar-refractivity contribution < 1.29 is 0 Å². The Balaban J connectivity index is 2.65. The minimum Gasteiger partial charge on any atom is -0.301 e.